The van der Waals surface area contributed by atoms with Crippen LogP contribution in [0.4, 0.5) is 0 Å². The maximum Gasteiger partial charge on any atom is 0.260 e. The van der Waals surface area contributed by atoms with E-state index in [0.29, 0.717) is 31.8 Å². The zero-order valence-electron chi connectivity index (χ0n) is 15.8. The summed E-state index contributed by atoms with van der Waals surface area (Å²) in [5.74, 6) is 0.541. The maximum absolute atomic E-state index is 12.6. The highest BCUT2D eigenvalue weighted by Crippen LogP contribution is 2.22. The van der Waals surface area contributed by atoms with Gasteiger partial charge in [-0.2, -0.15) is 5.10 Å². The molecule has 1 unspecified atom stereocenters. The monoisotopic (exact) mass is 387 g/mol. The number of nitrogens with one attached hydrogen (secondary N) is 1. The summed E-state index contributed by atoms with van der Waals surface area (Å²) in [6.07, 6.45) is 3.23. The van der Waals surface area contributed by atoms with E-state index in [1.165, 1.54) is 0 Å². The molecule has 148 valence electrons. The van der Waals surface area contributed by atoms with Crippen LogP contribution in [0.15, 0.2) is 0 Å². The average Bonchev–Trinajstić information content (AvgIpc) is 2.83. The Morgan fingerprint density at radius 1 is 1.35 bits per heavy atom. The first kappa shape index (κ1) is 22.2. The predicted octanol–water partition coefficient (Wildman–Crippen LogP) is 0.684. The summed E-state index contributed by atoms with van der Waals surface area (Å²) in [5.41, 5.74) is 7.06. The van der Waals surface area contributed by atoms with Gasteiger partial charge in [0.2, 0.25) is 5.91 Å². The van der Waals surface area contributed by atoms with Crippen LogP contribution in [0.25, 0.3) is 0 Å². The van der Waals surface area contributed by atoms with Gasteiger partial charge in [-0.15, -0.1) is 12.4 Å². The Balaban J connectivity index is 0.00000338. The maximum atomic E-state index is 12.6. The van der Waals surface area contributed by atoms with E-state index >= 15 is 0 Å². The summed E-state index contributed by atoms with van der Waals surface area (Å²) in [6.45, 7) is 5.26. The molecule has 0 spiro atoms. The Labute approximate surface area is 160 Å². The summed E-state index contributed by atoms with van der Waals surface area (Å²) in [4.78, 5) is 26.1. The van der Waals surface area contributed by atoms with E-state index in [2.05, 4.69) is 10.4 Å². The van der Waals surface area contributed by atoms with Crippen molar-refractivity contribution in [2.24, 2.45) is 12.8 Å². The van der Waals surface area contributed by atoms with Crippen LogP contribution >= 0.6 is 12.4 Å². The number of rotatable bonds is 7. The Bertz CT molecular complexity index is 620. The lowest BCUT2D eigenvalue weighted by Gasteiger charge is -2.35. The number of halogens is 1. The van der Waals surface area contributed by atoms with Crippen molar-refractivity contribution < 1.29 is 14.3 Å². The molecule has 8 nitrogen and oxygen atoms in total. The number of carbonyl (C=O) groups is 2. The van der Waals surface area contributed by atoms with Crippen LogP contribution in [0, 0.1) is 13.8 Å². The van der Waals surface area contributed by atoms with Crippen molar-refractivity contribution in [1.82, 2.24) is 20.0 Å². The molecule has 0 radical (unpaired) electrons. The normalized spacial score (nSPS) is 16.8. The van der Waals surface area contributed by atoms with Crippen LogP contribution in [-0.4, -0.2) is 58.8 Å². The smallest absolute Gasteiger partial charge is 0.260 e. The molecular weight excluding hydrogens is 358 g/mol. The molecule has 1 aromatic heterocycles. The van der Waals surface area contributed by atoms with E-state index in [-0.39, 0.29) is 36.9 Å². The minimum absolute atomic E-state index is 0. The largest absolute Gasteiger partial charge is 0.480 e. The average molecular weight is 388 g/mol. The third kappa shape index (κ3) is 5.60. The van der Waals surface area contributed by atoms with Crippen LogP contribution < -0.4 is 15.8 Å². The van der Waals surface area contributed by atoms with Crippen molar-refractivity contribution in [1.29, 1.82) is 0 Å². The fourth-order valence-corrected chi connectivity index (χ4v) is 3.17. The molecule has 1 aliphatic rings. The number of aryl methyl sites for hydroxylation is 2. The van der Waals surface area contributed by atoms with Crippen molar-refractivity contribution in [3.8, 4) is 5.75 Å². The molecule has 26 heavy (non-hydrogen) atoms. The second-order valence-electron chi connectivity index (χ2n) is 6.49. The van der Waals surface area contributed by atoms with Crippen molar-refractivity contribution in [3.05, 3.63) is 11.4 Å². The number of nitrogens with zero attached hydrogens (tertiary/aromatic N) is 3. The fraction of sp³-hybridized carbons (Fsp3) is 0.706. The van der Waals surface area contributed by atoms with Crippen molar-refractivity contribution >= 4 is 24.2 Å². The number of hydrogen-bond acceptors (Lipinski definition) is 5. The molecule has 1 saturated heterocycles. The van der Waals surface area contributed by atoms with Gasteiger partial charge in [0, 0.05) is 39.1 Å². The molecule has 2 rings (SSSR count). The van der Waals surface area contributed by atoms with Crippen molar-refractivity contribution in [2.45, 2.75) is 45.6 Å². The second-order valence-corrected chi connectivity index (χ2v) is 6.49. The van der Waals surface area contributed by atoms with Crippen LogP contribution in [0.1, 0.15) is 37.1 Å². The molecule has 0 aromatic carbocycles. The molecule has 1 fully saturated rings. The zero-order valence-corrected chi connectivity index (χ0v) is 16.6. The molecule has 1 aromatic rings. The Hall–Kier alpha value is -1.80. The van der Waals surface area contributed by atoms with Crippen LogP contribution in [0.2, 0.25) is 0 Å². The van der Waals surface area contributed by atoms with Gasteiger partial charge in [0.25, 0.3) is 5.91 Å². The number of nitrogens with two attached hydrogens (primary N) is 1. The van der Waals surface area contributed by atoms with E-state index in [0.717, 1.165) is 30.7 Å². The summed E-state index contributed by atoms with van der Waals surface area (Å²) in [6, 6.07) is 0.0164. The summed E-state index contributed by atoms with van der Waals surface area (Å²) < 4.78 is 7.48. The summed E-state index contributed by atoms with van der Waals surface area (Å²) >= 11 is 0. The highest BCUT2D eigenvalue weighted by atomic mass is 35.5. The molecule has 0 saturated carbocycles. The Morgan fingerprint density at radius 2 is 2.08 bits per heavy atom. The standard InChI is InChI=1S/C17H29N5O3.ClH/c1-12-17(13(2)21(3)20-12)25-11-16(24)22-9-5-4-6-14(22)10-19-15(23)7-8-18;/h14H,4-11,18H2,1-3H3,(H,19,23);1H. The van der Waals surface area contributed by atoms with Crippen LogP contribution in [0.3, 0.4) is 0 Å². The Morgan fingerprint density at radius 3 is 2.69 bits per heavy atom. The van der Waals surface area contributed by atoms with Gasteiger partial charge in [-0.25, -0.2) is 0 Å². The van der Waals surface area contributed by atoms with Crippen LogP contribution in [0.5, 0.6) is 5.75 Å². The van der Waals surface area contributed by atoms with Crippen molar-refractivity contribution in [2.75, 3.05) is 26.2 Å². The van der Waals surface area contributed by atoms with E-state index in [1.807, 2.05) is 25.8 Å². The van der Waals surface area contributed by atoms with E-state index < -0.39 is 0 Å². The number of amides is 2. The third-order valence-electron chi connectivity index (χ3n) is 4.64. The number of ether oxygens (including phenoxy) is 1. The molecule has 1 atom stereocenters. The quantitative estimate of drug-likeness (QED) is 0.716. The Kier molecular flexibility index (Phi) is 8.87. The molecule has 0 aliphatic carbocycles. The molecule has 0 bridgehead atoms. The van der Waals surface area contributed by atoms with Crippen LogP contribution in [-0.2, 0) is 16.6 Å². The van der Waals surface area contributed by atoms with Gasteiger partial charge >= 0.3 is 0 Å². The number of hydrogen-bond donors (Lipinski definition) is 2. The molecule has 3 N–H and O–H groups in total. The van der Waals surface area contributed by atoms with Gasteiger partial charge in [-0.3, -0.25) is 14.3 Å². The highest BCUT2D eigenvalue weighted by Gasteiger charge is 2.27. The lowest BCUT2D eigenvalue weighted by molar-refractivity contribution is -0.137. The van der Waals surface area contributed by atoms with E-state index in [4.69, 9.17) is 10.5 Å². The van der Waals surface area contributed by atoms with E-state index in [9.17, 15) is 9.59 Å². The van der Waals surface area contributed by atoms with Crippen molar-refractivity contribution in [3.63, 3.8) is 0 Å². The zero-order chi connectivity index (χ0) is 18.4. The SMILES string of the molecule is Cc1nn(C)c(C)c1OCC(=O)N1CCCCC1CNC(=O)CCN.Cl. The molecule has 2 amide bonds. The lowest BCUT2D eigenvalue weighted by atomic mass is 10.0. The first-order valence-corrected chi connectivity index (χ1v) is 8.83. The number of carbonyl (C=O) groups excluding carboxylic acids is 2. The molecule has 9 heteroatoms. The number of likely N-dealkylation sites (tertiary alicyclic amines) is 1. The van der Waals surface area contributed by atoms with Gasteiger partial charge < -0.3 is 20.7 Å². The van der Waals surface area contributed by atoms with Gasteiger partial charge in [-0.1, -0.05) is 0 Å². The lowest BCUT2D eigenvalue weighted by Crippen LogP contribution is -2.50. The minimum Gasteiger partial charge on any atom is -0.480 e. The number of aromatic nitrogens is 2. The molecular formula is C17H30ClN5O3. The minimum atomic E-state index is -0.0710. The fourth-order valence-electron chi connectivity index (χ4n) is 3.17. The van der Waals surface area contributed by atoms with Gasteiger partial charge in [0.05, 0.1) is 5.69 Å². The molecule has 1 aliphatic heterocycles. The second kappa shape index (κ2) is 10.4. The van der Waals surface area contributed by atoms with Gasteiger partial charge in [-0.05, 0) is 33.1 Å². The highest BCUT2D eigenvalue weighted by molar-refractivity contribution is 5.85. The third-order valence-corrected chi connectivity index (χ3v) is 4.64. The molecule has 2 heterocycles. The summed E-state index contributed by atoms with van der Waals surface area (Å²) in [7, 11) is 1.85. The van der Waals surface area contributed by atoms with E-state index in [1.54, 1.807) is 4.68 Å². The topological polar surface area (TPSA) is 102 Å². The predicted molar refractivity (Wildman–Crippen MR) is 101 cm³/mol. The summed E-state index contributed by atoms with van der Waals surface area (Å²) in [5, 5.41) is 7.16. The number of piperidine rings is 1. The first-order valence-electron chi connectivity index (χ1n) is 8.83. The van der Waals surface area contributed by atoms with Gasteiger partial charge in [0.1, 0.15) is 5.69 Å². The first-order chi connectivity index (χ1) is 11.9. The van der Waals surface area contributed by atoms with Gasteiger partial charge in [0.15, 0.2) is 12.4 Å².